The van der Waals surface area contributed by atoms with Gasteiger partial charge in [0.1, 0.15) is 0 Å². The quantitative estimate of drug-likeness (QED) is 0.779. The Kier molecular flexibility index (Phi) is 4.79. The van der Waals surface area contributed by atoms with Gasteiger partial charge in [-0.3, -0.25) is 0 Å². The molecule has 0 saturated carbocycles. The van der Waals surface area contributed by atoms with Crippen LogP contribution in [0.1, 0.15) is 43.0 Å². The Morgan fingerprint density at radius 2 is 2.22 bits per heavy atom. The summed E-state index contributed by atoms with van der Waals surface area (Å²) in [4.78, 5) is 0. The molecule has 1 aliphatic rings. The molecule has 2 nitrogen and oxygen atoms in total. The number of hydrogen-bond acceptors (Lipinski definition) is 2. The molecular formula is C16H25NO. The van der Waals surface area contributed by atoms with E-state index in [0.29, 0.717) is 12.0 Å². The molecule has 0 aromatic heterocycles. The first kappa shape index (κ1) is 13.6. The first-order valence-electron chi connectivity index (χ1n) is 7.07. The summed E-state index contributed by atoms with van der Waals surface area (Å²) < 4.78 is 5.60. The summed E-state index contributed by atoms with van der Waals surface area (Å²) in [5.41, 5.74) is 4.37. The molecule has 100 valence electrons. The van der Waals surface area contributed by atoms with E-state index in [0.717, 1.165) is 19.8 Å². The van der Waals surface area contributed by atoms with Gasteiger partial charge in [0.2, 0.25) is 0 Å². The third kappa shape index (κ3) is 3.56. The zero-order valence-electron chi connectivity index (χ0n) is 11.8. The number of rotatable bonds is 6. The van der Waals surface area contributed by atoms with Crippen molar-refractivity contribution in [3.05, 3.63) is 34.9 Å². The molecular weight excluding hydrogens is 222 g/mol. The molecule has 0 fully saturated rings. The van der Waals surface area contributed by atoms with E-state index < -0.39 is 0 Å². The van der Waals surface area contributed by atoms with Crippen LogP contribution in [0.2, 0.25) is 0 Å². The molecule has 0 amide bonds. The van der Waals surface area contributed by atoms with Crippen molar-refractivity contribution in [2.75, 3.05) is 19.8 Å². The lowest BCUT2D eigenvalue weighted by molar-refractivity contribution is 0.110. The number of ether oxygens (including phenoxy) is 1. The maximum atomic E-state index is 5.60. The molecule has 2 heteroatoms. The second-order valence-electron chi connectivity index (χ2n) is 5.72. The van der Waals surface area contributed by atoms with E-state index in [9.17, 15) is 0 Å². The van der Waals surface area contributed by atoms with Crippen molar-refractivity contribution >= 4 is 0 Å². The Labute approximate surface area is 111 Å². The summed E-state index contributed by atoms with van der Waals surface area (Å²) in [5.74, 6) is 0.625. The summed E-state index contributed by atoms with van der Waals surface area (Å²) in [5, 5.41) is 3.61. The molecule has 0 aliphatic heterocycles. The minimum Gasteiger partial charge on any atom is -0.380 e. The van der Waals surface area contributed by atoms with Crippen LogP contribution in [0.25, 0.3) is 0 Å². The van der Waals surface area contributed by atoms with E-state index in [1.165, 1.54) is 29.5 Å². The fourth-order valence-corrected chi connectivity index (χ4v) is 2.56. The number of aryl methyl sites for hydroxylation is 2. The van der Waals surface area contributed by atoms with Gasteiger partial charge >= 0.3 is 0 Å². The number of benzene rings is 1. The standard InChI is InChI=1S/C16H25NO/c1-12(2)11-18-9-8-17-16-7-6-14-5-4-13(3)10-15(14)16/h4-5,10,12,16-17H,6-9,11H2,1-3H3. The van der Waals surface area contributed by atoms with Gasteiger partial charge in [0.15, 0.2) is 0 Å². The van der Waals surface area contributed by atoms with E-state index >= 15 is 0 Å². The van der Waals surface area contributed by atoms with E-state index in [2.05, 4.69) is 44.3 Å². The van der Waals surface area contributed by atoms with Crippen molar-refractivity contribution in [2.45, 2.75) is 39.7 Å². The molecule has 1 atom stereocenters. The molecule has 1 aromatic rings. The fourth-order valence-electron chi connectivity index (χ4n) is 2.56. The molecule has 0 heterocycles. The molecule has 0 spiro atoms. The van der Waals surface area contributed by atoms with Gasteiger partial charge in [0.05, 0.1) is 6.61 Å². The molecule has 0 radical (unpaired) electrons. The first-order chi connectivity index (χ1) is 8.66. The molecule has 1 unspecified atom stereocenters. The third-order valence-corrected chi connectivity index (χ3v) is 3.47. The third-order valence-electron chi connectivity index (χ3n) is 3.47. The van der Waals surface area contributed by atoms with Gasteiger partial charge in [-0.05, 0) is 36.8 Å². The molecule has 1 aromatic carbocycles. The second kappa shape index (κ2) is 6.35. The zero-order chi connectivity index (χ0) is 13.0. The number of fused-ring (bicyclic) bond motifs is 1. The van der Waals surface area contributed by atoms with Crippen LogP contribution >= 0.6 is 0 Å². The highest BCUT2D eigenvalue weighted by Crippen LogP contribution is 2.31. The van der Waals surface area contributed by atoms with Gasteiger partial charge in [-0.25, -0.2) is 0 Å². The molecule has 1 aliphatic carbocycles. The van der Waals surface area contributed by atoms with Crippen LogP contribution in [0.4, 0.5) is 0 Å². The normalized spacial score (nSPS) is 18.3. The van der Waals surface area contributed by atoms with Crippen molar-refractivity contribution < 1.29 is 4.74 Å². The summed E-state index contributed by atoms with van der Waals surface area (Å²) >= 11 is 0. The van der Waals surface area contributed by atoms with Gasteiger partial charge in [0, 0.05) is 19.2 Å². The predicted molar refractivity (Wildman–Crippen MR) is 75.9 cm³/mol. The van der Waals surface area contributed by atoms with E-state index in [1.807, 2.05) is 0 Å². The van der Waals surface area contributed by atoms with Crippen LogP contribution in [0, 0.1) is 12.8 Å². The van der Waals surface area contributed by atoms with Crippen LogP contribution in [-0.4, -0.2) is 19.8 Å². The Morgan fingerprint density at radius 3 is 3.00 bits per heavy atom. The van der Waals surface area contributed by atoms with Gasteiger partial charge in [-0.2, -0.15) is 0 Å². The van der Waals surface area contributed by atoms with E-state index in [1.54, 1.807) is 0 Å². The Morgan fingerprint density at radius 1 is 1.39 bits per heavy atom. The van der Waals surface area contributed by atoms with E-state index in [-0.39, 0.29) is 0 Å². The van der Waals surface area contributed by atoms with Crippen LogP contribution in [-0.2, 0) is 11.2 Å². The summed E-state index contributed by atoms with van der Waals surface area (Å²) in [6.07, 6.45) is 2.43. The summed E-state index contributed by atoms with van der Waals surface area (Å²) in [6, 6.07) is 7.35. The lowest BCUT2D eigenvalue weighted by Gasteiger charge is -2.15. The monoisotopic (exact) mass is 247 g/mol. The van der Waals surface area contributed by atoms with Crippen LogP contribution in [0.3, 0.4) is 0 Å². The average molecular weight is 247 g/mol. The minimum absolute atomic E-state index is 0.530. The Hall–Kier alpha value is -0.860. The van der Waals surface area contributed by atoms with Crippen molar-refractivity contribution in [1.29, 1.82) is 0 Å². The lowest BCUT2D eigenvalue weighted by atomic mass is 10.1. The van der Waals surface area contributed by atoms with Gasteiger partial charge in [-0.15, -0.1) is 0 Å². The summed E-state index contributed by atoms with van der Waals surface area (Å²) in [7, 11) is 0. The zero-order valence-corrected chi connectivity index (χ0v) is 11.8. The largest absolute Gasteiger partial charge is 0.380 e. The number of hydrogen-bond donors (Lipinski definition) is 1. The molecule has 2 rings (SSSR count). The van der Waals surface area contributed by atoms with Crippen molar-refractivity contribution in [1.82, 2.24) is 5.32 Å². The lowest BCUT2D eigenvalue weighted by Crippen LogP contribution is -2.24. The molecule has 18 heavy (non-hydrogen) atoms. The Balaban J connectivity index is 1.77. The highest BCUT2D eigenvalue weighted by molar-refractivity contribution is 5.37. The predicted octanol–water partition coefficient (Wildman–Crippen LogP) is 3.24. The minimum atomic E-state index is 0.530. The van der Waals surface area contributed by atoms with Crippen LogP contribution < -0.4 is 5.32 Å². The van der Waals surface area contributed by atoms with Crippen molar-refractivity contribution in [3.63, 3.8) is 0 Å². The molecule has 1 N–H and O–H groups in total. The topological polar surface area (TPSA) is 21.3 Å². The van der Waals surface area contributed by atoms with Crippen molar-refractivity contribution in [3.8, 4) is 0 Å². The van der Waals surface area contributed by atoms with E-state index in [4.69, 9.17) is 4.74 Å². The van der Waals surface area contributed by atoms with Gasteiger partial charge < -0.3 is 10.1 Å². The SMILES string of the molecule is Cc1ccc2c(c1)C(NCCOCC(C)C)CC2. The van der Waals surface area contributed by atoms with Crippen molar-refractivity contribution in [2.24, 2.45) is 5.92 Å². The molecule has 0 saturated heterocycles. The summed E-state index contributed by atoms with van der Waals surface area (Å²) in [6.45, 7) is 9.16. The van der Waals surface area contributed by atoms with Crippen LogP contribution in [0.15, 0.2) is 18.2 Å². The van der Waals surface area contributed by atoms with Crippen LogP contribution in [0.5, 0.6) is 0 Å². The van der Waals surface area contributed by atoms with Gasteiger partial charge in [0.25, 0.3) is 0 Å². The number of nitrogens with one attached hydrogen (secondary N) is 1. The van der Waals surface area contributed by atoms with Gasteiger partial charge in [-0.1, -0.05) is 37.6 Å². The first-order valence-corrected chi connectivity index (χ1v) is 7.07. The second-order valence-corrected chi connectivity index (χ2v) is 5.72. The average Bonchev–Trinajstić information content (AvgIpc) is 2.71. The highest BCUT2D eigenvalue weighted by Gasteiger charge is 2.21. The maximum absolute atomic E-state index is 5.60. The maximum Gasteiger partial charge on any atom is 0.0591 e. The smallest absolute Gasteiger partial charge is 0.0591 e. The highest BCUT2D eigenvalue weighted by atomic mass is 16.5. The molecule has 0 bridgehead atoms. The Bertz CT molecular complexity index is 387. The fraction of sp³-hybridized carbons (Fsp3) is 0.625.